The minimum absolute atomic E-state index is 0.510. The van der Waals surface area contributed by atoms with Crippen LogP contribution in [0, 0.1) is 6.92 Å². The molecule has 5 nitrogen and oxygen atoms in total. The molecule has 0 fully saturated rings. The van der Waals surface area contributed by atoms with Crippen LogP contribution in [0.15, 0.2) is 78.9 Å². The van der Waals surface area contributed by atoms with Gasteiger partial charge in [0.05, 0.1) is 0 Å². The lowest BCUT2D eigenvalue weighted by atomic mass is 10.2. The highest BCUT2D eigenvalue weighted by Crippen LogP contribution is 2.22. The van der Waals surface area contributed by atoms with Crippen molar-refractivity contribution in [3.8, 4) is 11.5 Å². The number of carbonyl (C=O) groups excluding carboxylic acids is 2. The fourth-order valence-electron chi connectivity index (χ4n) is 2.31. The minimum Gasteiger partial charge on any atom is -0.457 e. The quantitative estimate of drug-likeness (QED) is 0.690. The first-order valence-electron chi connectivity index (χ1n) is 8.13. The van der Waals surface area contributed by atoms with Crippen LogP contribution in [0.4, 0.5) is 11.4 Å². The summed E-state index contributed by atoms with van der Waals surface area (Å²) in [5, 5.41) is 5.16. The lowest BCUT2D eigenvalue weighted by Crippen LogP contribution is -2.29. The number of carbonyl (C=O) groups is 2. The van der Waals surface area contributed by atoms with Crippen LogP contribution >= 0.6 is 0 Å². The van der Waals surface area contributed by atoms with Gasteiger partial charge in [0.1, 0.15) is 11.5 Å². The molecule has 0 spiro atoms. The van der Waals surface area contributed by atoms with Crippen molar-refractivity contribution in [2.75, 3.05) is 10.6 Å². The summed E-state index contributed by atoms with van der Waals surface area (Å²) in [4.78, 5) is 24.1. The number of anilines is 2. The van der Waals surface area contributed by atoms with E-state index in [9.17, 15) is 9.59 Å². The van der Waals surface area contributed by atoms with Crippen LogP contribution in [0.25, 0.3) is 0 Å². The van der Waals surface area contributed by atoms with E-state index in [1.165, 1.54) is 0 Å². The molecule has 2 N–H and O–H groups in total. The van der Waals surface area contributed by atoms with Crippen molar-refractivity contribution in [2.24, 2.45) is 0 Å². The molecule has 5 heteroatoms. The maximum Gasteiger partial charge on any atom is 0.314 e. The van der Waals surface area contributed by atoms with Gasteiger partial charge in [-0.05, 0) is 55.0 Å². The number of nitrogens with one attached hydrogen (secondary N) is 2. The molecule has 130 valence electrons. The maximum absolute atomic E-state index is 12.0. The Balaban J connectivity index is 1.59. The third-order valence-corrected chi connectivity index (χ3v) is 3.69. The summed E-state index contributed by atoms with van der Waals surface area (Å²) in [6.45, 7) is 1.86. The van der Waals surface area contributed by atoms with E-state index in [1.807, 2.05) is 49.4 Å². The standard InChI is InChI=1S/C21H18N2O3/c1-15-7-5-6-10-19(15)23-21(25)20(24)22-16-11-13-18(14-12-16)26-17-8-3-2-4-9-17/h2-14H,1H3,(H,22,24)(H,23,25). The first-order chi connectivity index (χ1) is 12.6. The van der Waals surface area contributed by atoms with Gasteiger partial charge in [-0.1, -0.05) is 36.4 Å². The number of benzene rings is 3. The van der Waals surface area contributed by atoms with Gasteiger partial charge in [0.25, 0.3) is 0 Å². The zero-order chi connectivity index (χ0) is 18.4. The van der Waals surface area contributed by atoms with Crippen LogP contribution in [0.1, 0.15) is 5.56 Å². The normalized spacial score (nSPS) is 10.0. The number of aryl methyl sites for hydroxylation is 1. The molecule has 0 saturated carbocycles. The Morgan fingerprint density at radius 1 is 0.692 bits per heavy atom. The lowest BCUT2D eigenvalue weighted by Gasteiger charge is -2.09. The zero-order valence-electron chi connectivity index (χ0n) is 14.2. The first-order valence-corrected chi connectivity index (χ1v) is 8.13. The number of hydrogen-bond acceptors (Lipinski definition) is 3. The largest absolute Gasteiger partial charge is 0.457 e. The second-order valence-corrected chi connectivity index (χ2v) is 5.66. The van der Waals surface area contributed by atoms with Crippen molar-refractivity contribution in [3.05, 3.63) is 84.4 Å². The molecule has 0 atom stereocenters. The van der Waals surface area contributed by atoms with Gasteiger partial charge in [0, 0.05) is 11.4 Å². The van der Waals surface area contributed by atoms with E-state index in [-0.39, 0.29) is 0 Å². The van der Waals surface area contributed by atoms with Gasteiger partial charge in [-0.25, -0.2) is 0 Å². The number of ether oxygens (including phenoxy) is 1. The maximum atomic E-state index is 12.0. The molecule has 0 saturated heterocycles. The molecular weight excluding hydrogens is 328 g/mol. The molecule has 0 bridgehead atoms. The van der Waals surface area contributed by atoms with Crippen LogP contribution in [0.2, 0.25) is 0 Å². The average Bonchev–Trinajstić information content (AvgIpc) is 2.66. The van der Waals surface area contributed by atoms with E-state index in [0.717, 1.165) is 11.3 Å². The van der Waals surface area contributed by atoms with Crippen molar-refractivity contribution < 1.29 is 14.3 Å². The summed E-state index contributed by atoms with van der Waals surface area (Å²) in [6.07, 6.45) is 0. The Morgan fingerprint density at radius 2 is 1.27 bits per heavy atom. The fraction of sp³-hybridized carbons (Fsp3) is 0.0476. The Kier molecular flexibility index (Phi) is 5.29. The van der Waals surface area contributed by atoms with Gasteiger partial charge in [-0.2, -0.15) is 0 Å². The molecule has 0 radical (unpaired) electrons. The molecule has 26 heavy (non-hydrogen) atoms. The summed E-state index contributed by atoms with van der Waals surface area (Å²) in [6, 6.07) is 23.5. The van der Waals surface area contributed by atoms with Gasteiger partial charge >= 0.3 is 11.8 Å². The van der Waals surface area contributed by atoms with E-state index in [0.29, 0.717) is 17.1 Å². The van der Waals surface area contributed by atoms with Crippen LogP contribution < -0.4 is 15.4 Å². The Hall–Kier alpha value is -3.60. The Bertz CT molecular complexity index is 906. The predicted octanol–water partition coefficient (Wildman–Crippen LogP) is 4.36. The van der Waals surface area contributed by atoms with Gasteiger partial charge < -0.3 is 15.4 Å². The second-order valence-electron chi connectivity index (χ2n) is 5.66. The second kappa shape index (κ2) is 7.98. The van der Waals surface area contributed by atoms with E-state index in [4.69, 9.17) is 4.74 Å². The third kappa shape index (κ3) is 4.48. The summed E-state index contributed by atoms with van der Waals surface area (Å²) in [5.41, 5.74) is 2.01. The molecule has 3 rings (SSSR count). The third-order valence-electron chi connectivity index (χ3n) is 3.69. The monoisotopic (exact) mass is 346 g/mol. The van der Waals surface area contributed by atoms with Crippen molar-refractivity contribution in [3.63, 3.8) is 0 Å². The van der Waals surface area contributed by atoms with Crippen molar-refractivity contribution >= 4 is 23.2 Å². The number of amides is 2. The summed E-state index contributed by atoms with van der Waals surface area (Å²) >= 11 is 0. The molecular formula is C21H18N2O3. The molecule has 2 amide bonds. The van der Waals surface area contributed by atoms with Crippen molar-refractivity contribution in [1.82, 2.24) is 0 Å². The molecule has 0 aliphatic rings. The van der Waals surface area contributed by atoms with E-state index in [1.54, 1.807) is 36.4 Å². The van der Waals surface area contributed by atoms with E-state index < -0.39 is 11.8 Å². The fourth-order valence-corrected chi connectivity index (χ4v) is 2.31. The number of para-hydroxylation sites is 2. The Morgan fingerprint density at radius 3 is 1.96 bits per heavy atom. The zero-order valence-corrected chi connectivity index (χ0v) is 14.2. The highest BCUT2D eigenvalue weighted by molar-refractivity contribution is 6.43. The highest BCUT2D eigenvalue weighted by Gasteiger charge is 2.14. The van der Waals surface area contributed by atoms with Crippen LogP contribution in [-0.4, -0.2) is 11.8 Å². The molecule has 0 aliphatic carbocycles. The van der Waals surface area contributed by atoms with Gasteiger partial charge in [-0.15, -0.1) is 0 Å². The van der Waals surface area contributed by atoms with Crippen LogP contribution in [0.3, 0.4) is 0 Å². The Labute approximate surface area is 151 Å². The van der Waals surface area contributed by atoms with Gasteiger partial charge in [-0.3, -0.25) is 9.59 Å². The predicted molar refractivity (Wildman–Crippen MR) is 101 cm³/mol. The van der Waals surface area contributed by atoms with Crippen molar-refractivity contribution in [1.29, 1.82) is 0 Å². The van der Waals surface area contributed by atoms with Crippen molar-refractivity contribution in [2.45, 2.75) is 6.92 Å². The first kappa shape index (κ1) is 17.2. The van der Waals surface area contributed by atoms with Gasteiger partial charge in [0.15, 0.2) is 0 Å². The molecule has 3 aromatic carbocycles. The van der Waals surface area contributed by atoms with Crippen LogP contribution in [0.5, 0.6) is 11.5 Å². The molecule has 0 heterocycles. The number of rotatable bonds is 4. The van der Waals surface area contributed by atoms with E-state index >= 15 is 0 Å². The van der Waals surface area contributed by atoms with Crippen LogP contribution in [-0.2, 0) is 9.59 Å². The highest BCUT2D eigenvalue weighted by atomic mass is 16.5. The average molecular weight is 346 g/mol. The molecule has 3 aromatic rings. The van der Waals surface area contributed by atoms with Gasteiger partial charge in [0.2, 0.25) is 0 Å². The smallest absolute Gasteiger partial charge is 0.314 e. The lowest BCUT2D eigenvalue weighted by molar-refractivity contribution is -0.133. The summed E-state index contributed by atoms with van der Waals surface area (Å²) in [7, 11) is 0. The molecule has 0 aliphatic heterocycles. The summed E-state index contributed by atoms with van der Waals surface area (Å²) in [5.74, 6) is -0.0886. The molecule has 0 aromatic heterocycles. The summed E-state index contributed by atoms with van der Waals surface area (Å²) < 4.78 is 5.69. The topological polar surface area (TPSA) is 67.4 Å². The minimum atomic E-state index is -0.731. The number of hydrogen-bond donors (Lipinski definition) is 2. The van der Waals surface area contributed by atoms with E-state index in [2.05, 4.69) is 10.6 Å². The molecule has 0 unspecified atom stereocenters. The SMILES string of the molecule is Cc1ccccc1NC(=O)C(=O)Nc1ccc(Oc2ccccc2)cc1.